The van der Waals surface area contributed by atoms with Crippen molar-refractivity contribution in [2.24, 2.45) is 0 Å². The number of ketones is 1. The van der Waals surface area contributed by atoms with Crippen molar-refractivity contribution in [1.29, 1.82) is 0 Å². The number of Topliss-reactive ketones (excluding diaryl/α,β-unsaturated/α-hetero) is 1. The Balaban J connectivity index is 1.86. The van der Waals surface area contributed by atoms with Crippen LogP contribution in [0.25, 0.3) is 0 Å². The van der Waals surface area contributed by atoms with Gasteiger partial charge in [-0.15, -0.1) is 0 Å². The van der Waals surface area contributed by atoms with E-state index >= 15 is 0 Å². The molecule has 126 valence electrons. The molecule has 0 saturated heterocycles. The van der Waals surface area contributed by atoms with Crippen LogP contribution in [0.3, 0.4) is 0 Å². The van der Waals surface area contributed by atoms with Gasteiger partial charge in [0.2, 0.25) is 0 Å². The van der Waals surface area contributed by atoms with Gasteiger partial charge in [0, 0.05) is 22.7 Å². The third-order valence-electron chi connectivity index (χ3n) is 3.81. The molecule has 1 heterocycles. The number of benzene rings is 2. The van der Waals surface area contributed by atoms with Crippen LogP contribution >= 0.6 is 31.9 Å². The molecule has 3 rings (SSSR count). The number of nitrogens with one attached hydrogen (secondary N) is 1. The van der Waals surface area contributed by atoms with Crippen LogP contribution in [0.1, 0.15) is 28.4 Å². The standard InChI is InChI=1S/C20H16Br2N2O/c21-16-11-17(22)20(23-13-16)24-18(14-7-3-1-4-8-14)12-19(25)15-9-5-2-6-10-15/h1-11,13,18H,12H2,(H,23,24). The number of hydrogen-bond acceptors (Lipinski definition) is 3. The van der Waals surface area contributed by atoms with E-state index in [0.29, 0.717) is 17.8 Å². The molecule has 1 unspecified atom stereocenters. The molecule has 0 amide bonds. The predicted molar refractivity (Wildman–Crippen MR) is 108 cm³/mol. The number of carbonyl (C=O) groups is 1. The van der Waals surface area contributed by atoms with Gasteiger partial charge in [0.15, 0.2) is 5.78 Å². The van der Waals surface area contributed by atoms with Crippen molar-refractivity contribution in [3.8, 4) is 0 Å². The molecular formula is C20H16Br2N2O. The summed E-state index contributed by atoms with van der Waals surface area (Å²) in [6, 6.07) is 21.1. The Morgan fingerprint density at radius 2 is 1.64 bits per heavy atom. The van der Waals surface area contributed by atoms with Crippen LogP contribution in [0.2, 0.25) is 0 Å². The van der Waals surface area contributed by atoms with Crippen molar-refractivity contribution in [1.82, 2.24) is 4.98 Å². The van der Waals surface area contributed by atoms with Crippen LogP contribution in [0.15, 0.2) is 81.9 Å². The Morgan fingerprint density at radius 3 is 2.28 bits per heavy atom. The highest BCUT2D eigenvalue weighted by molar-refractivity contribution is 9.11. The molecule has 0 fully saturated rings. The second-order valence-corrected chi connectivity index (χ2v) is 7.35. The zero-order valence-electron chi connectivity index (χ0n) is 13.3. The summed E-state index contributed by atoms with van der Waals surface area (Å²) in [7, 11) is 0. The summed E-state index contributed by atoms with van der Waals surface area (Å²) in [6.07, 6.45) is 2.08. The van der Waals surface area contributed by atoms with Crippen LogP contribution in [0.5, 0.6) is 0 Å². The fraction of sp³-hybridized carbons (Fsp3) is 0.100. The maximum atomic E-state index is 12.7. The van der Waals surface area contributed by atoms with Gasteiger partial charge in [-0.05, 0) is 43.5 Å². The average Bonchev–Trinajstić information content (AvgIpc) is 2.64. The van der Waals surface area contributed by atoms with Crippen molar-refractivity contribution in [2.75, 3.05) is 5.32 Å². The zero-order valence-corrected chi connectivity index (χ0v) is 16.5. The van der Waals surface area contributed by atoms with Gasteiger partial charge in [-0.25, -0.2) is 4.98 Å². The van der Waals surface area contributed by atoms with Crippen molar-refractivity contribution >= 4 is 43.5 Å². The minimum absolute atomic E-state index is 0.0928. The number of carbonyl (C=O) groups excluding carboxylic acids is 1. The summed E-state index contributed by atoms with van der Waals surface area (Å²) in [5, 5.41) is 3.39. The molecular weight excluding hydrogens is 444 g/mol. The summed E-state index contributed by atoms with van der Waals surface area (Å²) in [5.41, 5.74) is 1.76. The zero-order chi connectivity index (χ0) is 17.6. The summed E-state index contributed by atoms with van der Waals surface area (Å²) < 4.78 is 1.73. The monoisotopic (exact) mass is 458 g/mol. The molecule has 0 bridgehead atoms. The molecule has 2 aromatic carbocycles. The van der Waals surface area contributed by atoms with E-state index in [-0.39, 0.29) is 11.8 Å². The number of aromatic nitrogens is 1. The molecule has 1 aromatic heterocycles. The van der Waals surface area contributed by atoms with Gasteiger partial charge < -0.3 is 5.32 Å². The molecule has 0 saturated carbocycles. The fourth-order valence-corrected chi connectivity index (χ4v) is 3.65. The first-order valence-electron chi connectivity index (χ1n) is 7.84. The Morgan fingerprint density at radius 1 is 1.00 bits per heavy atom. The Kier molecular flexibility index (Phi) is 6.00. The van der Waals surface area contributed by atoms with Gasteiger partial charge in [-0.2, -0.15) is 0 Å². The van der Waals surface area contributed by atoms with Crippen molar-refractivity contribution < 1.29 is 4.79 Å². The molecule has 5 heteroatoms. The lowest BCUT2D eigenvalue weighted by atomic mass is 9.98. The van der Waals surface area contributed by atoms with Crippen molar-refractivity contribution in [3.05, 3.63) is 93.0 Å². The minimum atomic E-state index is -0.168. The summed E-state index contributed by atoms with van der Waals surface area (Å²) in [4.78, 5) is 17.1. The predicted octanol–water partition coefficient (Wildman–Crippen LogP) is 6.03. The van der Waals surface area contributed by atoms with Crippen LogP contribution in [-0.2, 0) is 0 Å². The van der Waals surface area contributed by atoms with E-state index in [0.717, 1.165) is 14.5 Å². The number of anilines is 1. The van der Waals surface area contributed by atoms with E-state index in [1.807, 2.05) is 66.7 Å². The molecule has 0 spiro atoms. The van der Waals surface area contributed by atoms with Gasteiger partial charge in [0.25, 0.3) is 0 Å². The van der Waals surface area contributed by atoms with E-state index < -0.39 is 0 Å². The molecule has 1 atom stereocenters. The number of pyridine rings is 1. The van der Waals surface area contributed by atoms with Crippen molar-refractivity contribution in [2.45, 2.75) is 12.5 Å². The molecule has 25 heavy (non-hydrogen) atoms. The van der Waals surface area contributed by atoms with E-state index in [4.69, 9.17) is 0 Å². The van der Waals surface area contributed by atoms with E-state index in [1.165, 1.54) is 0 Å². The lowest BCUT2D eigenvalue weighted by molar-refractivity contribution is 0.0976. The van der Waals surface area contributed by atoms with Crippen molar-refractivity contribution in [3.63, 3.8) is 0 Å². The highest BCUT2D eigenvalue weighted by atomic mass is 79.9. The number of halogens is 2. The van der Waals surface area contributed by atoms with Gasteiger partial charge in [-0.1, -0.05) is 60.7 Å². The highest BCUT2D eigenvalue weighted by Crippen LogP contribution is 2.29. The van der Waals surface area contributed by atoms with Gasteiger partial charge in [-0.3, -0.25) is 4.79 Å². The van der Waals surface area contributed by atoms with E-state index in [1.54, 1.807) is 6.20 Å². The topological polar surface area (TPSA) is 42.0 Å². The smallest absolute Gasteiger partial charge is 0.165 e. The van der Waals surface area contributed by atoms with Gasteiger partial charge >= 0.3 is 0 Å². The normalized spacial score (nSPS) is 11.8. The van der Waals surface area contributed by atoms with E-state index in [9.17, 15) is 4.79 Å². The highest BCUT2D eigenvalue weighted by Gasteiger charge is 2.18. The third-order valence-corrected chi connectivity index (χ3v) is 4.84. The Labute approximate surface area is 163 Å². The lowest BCUT2D eigenvalue weighted by Crippen LogP contribution is -2.16. The molecule has 3 nitrogen and oxygen atoms in total. The van der Waals surface area contributed by atoms with Crippen LogP contribution in [0.4, 0.5) is 5.82 Å². The molecule has 3 aromatic rings. The fourth-order valence-electron chi connectivity index (χ4n) is 2.55. The molecule has 0 aliphatic carbocycles. The van der Waals surface area contributed by atoms with Gasteiger partial charge in [0.05, 0.1) is 10.5 Å². The number of nitrogens with zero attached hydrogens (tertiary/aromatic N) is 1. The molecule has 0 aliphatic rings. The minimum Gasteiger partial charge on any atom is -0.362 e. The van der Waals surface area contributed by atoms with E-state index in [2.05, 4.69) is 42.2 Å². The summed E-state index contributed by atoms with van der Waals surface area (Å²) >= 11 is 6.92. The maximum absolute atomic E-state index is 12.7. The first-order valence-corrected chi connectivity index (χ1v) is 9.43. The quantitative estimate of drug-likeness (QED) is 0.457. The number of hydrogen-bond donors (Lipinski definition) is 1. The second kappa shape index (κ2) is 8.41. The summed E-state index contributed by atoms with van der Waals surface area (Å²) in [5.74, 6) is 0.799. The summed E-state index contributed by atoms with van der Waals surface area (Å²) in [6.45, 7) is 0. The Bertz CT molecular complexity index is 854. The first-order chi connectivity index (χ1) is 12.1. The average molecular weight is 460 g/mol. The van der Waals surface area contributed by atoms with Crippen LogP contribution in [-0.4, -0.2) is 10.8 Å². The largest absolute Gasteiger partial charge is 0.362 e. The SMILES string of the molecule is O=C(CC(Nc1ncc(Br)cc1Br)c1ccccc1)c1ccccc1. The lowest BCUT2D eigenvalue weighted by Gasteiger charge is -2.20. The van der Waals surface area contributed by atoms with Gasteiger partial charge in [0.1, 0.15) is 5.82 Å². The molecule has 1 N–H and O–H groups in total. The van der Waals surface area contributed by atoms with Crippen LogP contribution in [0, 0.1) is 0 Å². The second-order valence-electron chi connectivity index (χ2n) is 5.58. The maximum Gasteiger partial charge on any atom is 0.165 e. The molecule has 0 aliphatic heterocycles. The third kappa shape index (κ3) is 4.77. The number of rotatable bonds is 6. The molecule has 0 radical (unpaired) electrons. The first kappa shape index (κ1) is 17.8. The Hall–Kier alpha value is -1.98. The van der Waals surface area contributed by atoms with Crippen LogP contribution < -0.4 is 5.32 Å².